The molecule has 3 heterocycles. The minimum Gasteiger partial charge on any atom is -0.283 e. The zero-order valence-corrected chi connectivity index (χ0v) is 14.6. The summed E-state index contributed by atoms with van der Waals surface area (Å²) < 4.78 is 5.19. The van der Waals surface area contributed by atoms with Crippen LogP contribution >= 0.6 is 0 Å². The van der Waals surface area contributed by atoms with Crippen LogP contribution in [0.15, 0.2) is 33.9 Å². The fourth-order valence-electron chi connectivity index (χ4n) is 3.30. The maximum Gasteiger partial charge on any atom is 0.329 e. The van der Waals surface area contributed by atoms with Crippen molar-refractivity contribution in [3.8, 4) is 5.69 Å². The highest BCUT2D eigenvalue weighted by atomic mass is 16.2. The largest absolute Gasteiger partial charge is 0.329 e. The number of nitrogens with one attached hydrogen (secondary N) is 1. The molecule has 0 radical (unpaired) electrons. The minimum atomic E-state index is -0.466. The molecule has 0 bridgehead atoms. The Balaban J connectivity index is 2.15. The molecule has 0 aliphatic rings. The summed E-state index contributed by atoms with van der Waals surface area (Å²) in [5.41, 5.74) is 4.03. The summed E-state index contributed by atoms with van der Waals surface area (Å²) in [7, 11) is 1.61. The van der Waals surface area contributed by atoms with Gasteiger partial charge in [0.15, 0.2) is 11.2 Å². The standard InChI is InChI=1S/C18H19N5O2/c1-5-12-6-8-13(9-7-12)22-10(2)11(3)23-14-15(19-17(22)23)21(4)18(25)20-16(14)24/h6-9H,5H2,1-4H3,(H,20,24,25). The molecule has 1 aromatic carbocycles. The van der Waals surface area contributed by atoms with Gasteiger partial charge in [-0.05, 0) is 38.0 Å². The third-order valence-corrected chi connectivity index (χ3v) is 4.90. The van der Waals surface area contributed by atoms with Crippen molar-refractivity contribution < 1.29 is 0 Å². The third kappa shape index (κ3) is 2.02. The van der Waals surface area contributed by atoms with E-state index < -0.39 is 11.2 Å². The van der Waals surface area contributed by atoms with E-state index in [1.807, 2.05) is 34.9 Å². The van der Waals surface area contributed by atoms with Crippen LogP contribution in [0, 0.1) is 13.8 Å². The van der Waals surface area contributed by atoms with E-state index in [0.29, 0.717) is 16.9 Å². The van der Waals surface area contributed by atoms with Gasteiger partial charge < -0.3 is 0 Å². The molecule has 7 nitrogen and oxygen atoms in total. The van der Waals surface area contributed by atoms with E-state index in [0.717, 1.165) is 23.5 Å². The van der Waals surface area contributed by atoms with Gasteiger partial charge in [0.25, 0.3) is 5.56 Å². The number of fused-ring (bicyclic) bond motifs is 3. The van der Waals surface area contributed by atoms with Crippen LogP contribution in [-0.4, -0.2) is 23.5 Å². The fraction of sp³-hybridized carbons (Fsp3) is 0.278. The number of rotatable bonds is 2. The second kappa shape index (κ2) is 5.20. The van der Waals surface area contributed by atoms with Gasteiger partial charge in [0.1, 0.15) is 0 Å². The lowest BCUT2D eigenvalue weighted by molar-refractivity contribution is 0.830. The minimum absolute atomic E-state index is 0.380. The predicted octanol–water partition coefficient (Wildman–Crippen LogP) is 1.84. The average Bonchev–Trinajstić information content (AvgIpc) is 3.10. The van der Waals surface area contributed by atoms with Gasteiger partial charge in [0.05, 0.1) is 0 Å². The molecule has 0 amide bonds. The highest BCUT2D eigenvalue weighted by Crippen LogP contribution is 2.24. The first-order valence-corrected chi connectivity index (χ1v) is 8.22. The van der Waals surface area contributed by atoms with Crippen molar-refractivity contribution in [3.63, 3.8) is 0 Å². The van der Waals surface area contributed by atoms with Crippen LogP contribution in [0.2, 0.25) is 0 Å². The van der Waals surface area contributed by atoms with E-state index >= 15 is 0 Å². The van der Waals surface area contributed by atoms with Crippen molar-refractivity contribution in [3.05, 3.63) is 62.1 Å². The summed E-state index contributed by atoms with van der Waals surface area (Å²) in [6.07, 6.45) is 0.976. The highest BCUT2D eigenvalue weighted by molar-refractivity contribution is 5.77. The molecule has 0 saturated heterocycles. The third-order valence-electron chi connectivity index (χ3n) is 4.90. The zero-order chi connectivity index (χ0) is 17.9. The molecule has 3 aromatic heterocycles. The second-order valence-electron chi connectivity index (χ2n) is 6.26. The normalized spacial score (nSPS) is 11.7. The van der Waals surface area contributed by atoms with Crippen molar-refractivity contribution in [2.24, 2.45) is 7.05 Å². The van der Waals surface area contributed by atoms with Crippen molar-refractivity contribution in [2.45, 2.75) is 27.2 Å². The molecule has 4 rings (SSSR count). The van der Waals surface area contributed by atoms with Crippen molar-refractivity contribution >= 4 is 16.9 Å². The molecule has 7 heteroatoms. The maximum absolute atomic E-state index is 12.4. The quantitative estimate of drug-likeness (QED) is 0.606. The molecule has 0 saturated carbocycles. The molecular formula is C18H19N5O2. The van der Waals surface area contributed by atoms with E-state index in [1.165, 1.54) is 10.1 Å². The molecule has 0 aliphatic carbocycles. The van der Waals surface area contributed by atoms with Crippen LogP contribution in [0.4, 0.5) is 0 Å². The van der Waals surface area contributed by atoms with E-state index in [-0.39, 0.29) is 0 Å². The Morgan fingerprint density at radius 3 is 2.40 bits per heavy atom. The second-order valence-corrected chi connectivity index (χ2v) is 6.26. The first-order chi connectivity index (χ1) is 11.9. The molecule has 0 unspecified atom stereocenters. The Kier molecular flexibility index (Phi) is 3.21. The lowest BCUT2D eigenvalue weighted by Crippen LogP contribution is -2.28. The van der Waals surface area contributed by atoms with Gasteiger partial charge in [-0.25, -0.2) is 4.79 Å². The molecule has 4 aromatic rings. The van der Waals surface area contributed by atoms with Gasteiger partial charge in [0, 0.05) is 24.1 Å². The Bertz CT molecular complexity index is 1240. The summed E-state index contributed by atoms with van der Waals surface area (Å²) in [5, 5.41) is 0. The smallest absolute Gasteiger partial charge is 0.283 e. The van der Waals surface area contributed by atoms with Crippen LogP contribution in [-0.2, 0) is 13.5 Å². The maximum atomic E-state index is 12.4. The number of imidazole rings is 2. The summed E-state index contributed by atoms with van der Waals surface area (Å²) in [5.74, 6) is 0.626. The summed E-state index contributed by atoms with van der Waals surface area (Å²) in [6, 6.07) is 8.28. The monoisotopic (exact) mass is 337 g/mol. The molecule has 0 aliphatic heterocycles. The Morgan fingerprint density at radius 2 is 1.76 bits per heavy atom. The van der Waals surface area contributed by atoms with Crippen molar-refractivity contribution in [2.75, 3.05) is 0 Å². The van der Waals surface area contributed by atoms with Crippen LogP contribution in [0.1, 0.15) is 23.9 Å². The molecular weight excluding hydrogens is 318 g/mol. The van der Waals surface area contributed by atoms with Crippen LogP contribution in [0.3, 0.4) is 0 Å². The molecule has 0 fully saturated rings. The number of hydrogen-bond acceptors (Lipinski definition) is 3. The number of benzene rings is 1. The summed E-state index contributed by atoms with van der Waals surface area (Å²) >= 11 is 0. The highest BCUT2D eigenvalue weighted by Gasteiger charge is 2.21. The van der Waals surface area contributed by atoms with Crippen LogP contribution in [0.5, 0.6) is 0 Å². The zero-order valence-electron chi connectivity index (χ0n) is 14.6. The lowest BCUT2D eigenvalue weighted by atomic mass is 10.1. The molecule has 0 atom stereocenters. The lowest BCUT2D eigenvalue weighted by Gasteiger charge is -2.07. The first-order valence-electron chi connectivity index (χ1n) is 8.22. The molecule has 25 heavy (non-hydrogen) atoms. The summed E-state index contributed by atoms with van der Waals surface area (Å²) in [4.78, 5) is 31.2. The van der Waals surface area contributed by atoms with E-state index in [1.54, 1.807) is 7.05 Å². The van der Waals surface area contributed by atoms with Gasteiger partial charge in [-0.1, -0.05) is 19.1 Å². The van der Waals surface area contributed by atoms with E-state index in [4.69, 9.17) is 0 Å². The number of aryl methyl sites for hydroxylation is 3. The Hall–Kier alpha value is -3.09. The molecule has 0 spiro atoms. The van der Waals surface area contributed by atoms with E-state index in [9.17, 15) is 9.59 Å². The van der Waals surface area contributed by atoms with Gasteiger partial charge in [0.2, 0.25) is 5.78 Å². The number of hydrogen-bond donors (Lipinski definition) is 1. The Morgan fingerprint density at radius 1 is 1.08 bits per heavy atom. The van der Waals surface area contributed by atoms with Gasteiger partial charge >= 0.3 is 5.69 Å². The van der Waals surface area contributed by atoms with Crippen LogP contribution in [0.25, 0.3) is 22.6 Å². The van der Waals surface area contributed by atoms with Gasteiger partial charge in [-0.15, -0.1) is 0 Å². The Labute approximate surface area is 143 Å². The number of nitrogens with zero attached hydrogens (tertiary/aromatic N) is 4. The first kappa shape index (κ1) is 15.4. The van der Waals surface area contributed by atoms with Crippen molar-refractivity contribution in [1.82, 2.24) is 23.5 Å². The van der Waals surface area contributed by atoms with Gasteiger partial charge in [-0.2, -0.15) is 4.98 Å². The summed E-state index contributed by atoms with van der Waals surface area (Å²) in [6.45, 7) is 6.07. The molecule has 128 valence electrons. The van der Waals surface area contributed by atoms with Crippen LogP contribution < -0.4 is 11.2 Å². The van der Waals surface area contributed by atoms with Crippen molar-refractivity contribution in [1.29, 1.82) is 0 Å². The number of aromatic nitrogens is 5. The molecule has 1 N–H and O–H groups in total. The average molecular weight is 337 g/mol. The topological polar surface area (TPSA) is 77.1 Å². The number of H-pyrrole nitrogens is 1. The SMILES string of the molecule is CCc1ccc(-n2c(C)c(C)n3c4c(=O)[nH]c(=O)n(C)c4nc23)cc1. The van der Waals surface area contributed by atoms with Gasteiger partial charge in [-0.3, -0.25) is 23.3 Å². The fourth-order valence-corrected chi connectivity index (χ4v) is 3.30. The predicted molar refractivity (Wildman–Crippen MR) is 96.7 cm³/mol. The van der Waals surface area contributed by atoms with E-state index in [2.05, 4.69) is 29.0 Å². The number of aromatic amines is 1.